The van der Waals surface area contributed by atoms with E-state index < -0.39 is 5.97 Å². The summed E-state index contributed by atoms with van der Waals surface area (Å²) in [6.45, 7) is 8.75. The Hall–Kier alpha value is -4.03. The SMILES string of the molecule is CCCc1ccc(C(Sc2ccc(C(=O)Nc3ccccc3OCCCC(=O)O)c(C)c2C)c2ccc(CCC)cc2)cc1. The molecule has 5 nitrogen and oxygen atoms in total. The summed E-state index contributed by atoms with van der Waals surface area (Å²) in [5.74, 6) is -0.549. The first-order valence-electron chi connectivity index (χ1n) is 15.5. The van der Waals surface area contributed by atoms with E-state index in [1.807, 2.05) is 36.9 Å². The van der Waals surface area contributed by atoms with E-state index in [-0.39, 0.29) is 24.2 Å². The summed E-state index contributed by atoms with van der Waals surface area (Å²) in [5.41, 5.74) is 8.41. The fourth-order valence-corrected chi connectivity index (χ4v) is 6.53. The van der Waals surface area contributed by atoms with E-state index in [2.05, 4.69) is 80.7 Å². The Balaban J connectivity index is 1.56. The van der Waals surface area contributed by atoms with Gasteiger partial charge in [-0.05, 0) is 90.8 Å². The number of benzene rings is 4. The Bertz CT molecular complexity index is 1500. The van der Waals surface area contributed by atoms with Crippen molar-refractivity contribution in [1.82, 2.24) is 0 Å². The molecule has 0 saturated carbocycles. The zero-order valence-electron chi connectivity index (χ0n) is 26.2. The minimum Gasteiger partial charge on any atom is -0.491 e. The van der Waals surface area contributed by atoms with Gasteiger partial charge >= 0.3 is 5.97 Å². The molecular weight excluding hydrogens is 566 g/mol. The lowest BCUT2D eigenvalue weighted by atomic mass is 10.00. The number of rotatable bonds is 15. The molecule has 2 N–H and O–H groups in total. The molecule has 0 unspecified atom stereocenters. The van der Waals surface area contributed by atoms with Gasteiger partial charge in [-0.25, -0.2) is 0 Å². The normalized spacial score (nSPS) is 11.0. The molecule has 44 heavy (non-hydrogen) atoms. The number of para-hydroxylation sites is 2. The Kier molecular flexibility index (Phi) is 12.1. The van der Waals surface area contributed by atoms with Gasteiger partial charge in [0.15, 0.2) is 0 Å². The van der Waals surface area contributed by atoms with Crippen LogP contribution in [0.4, 0.5) is 5.69 Å². The molecule has 0 bridgehead atoms. The van der Waals surface area contributed by atoms with Gasteiger partial charge in [0.1, 0.15) is 5.75 Å². The van der Waals surface area contributed by atoms with Crippen LogP contribution in [0.3, 0.4) is 0 Å². The molecule has 0 heterocycles. The number of thioether (sulfide) groups is 1. The van der Waals surface area contributed by atoms with E-state index in [4.69, 9.17) is 9.84 Å². The second-order valence-corrected chi connectivity index (χ2v) is 12.3. The van der Waals surface area contributed by atoms with Crippen LogP contribution in [0.5, 0.6) is 5.75 Å². The Morgan fingerprint density at radius 3 is 1.95 bits per heavy atom. The van der Waals surface area contributed by atoms with Crippen LogP contribution in [0.2, 0.25) is 0 Å². The minimum atomic E-state index is -0.858. The van der Waals surface area contributed by atoms with Gasteiger partial charge < -0.3 is 15.2 Å². The lowest BCUT2D eigenvalue weighted by Crippen LogP contribution is -2.15. The number of carboxylic acids is 1. The van der Waals surface area contributed by atoms with Gasteiger partial charge in [-0.2, -0.15) is 0 Å². The van der Waals surface area contributed by atoms with E-state index in [9.17, 15) is 9.59 Å². The zero-order valence-corrected chi connectivity index (χ0v) is 27.0. The summed E-state index contributed by atoms with van der Waals surface area (Å²) < 4.78 is 5.79. The number of ether oxygens (including phenoxy) is 1. The molecule has 1 amide bonds. The maximum absolute atomic E-state index is 13.5. The summed E-state index contributed by atoms with van der Waals surface area (Å²) in [7, 11) is 0. The lowest BCUT2D eigenvalue weighted by molar-refractivity contribution is -0.137. The fourth-order valence-electron chi connectivity index (χ4n) is 5.21. The lowest BCUT2D eigenvalue weighted by Gasteiger charge is -2.21. The second-order valence-electron chi connectivity index (χ2n) is 11.1. The molecule has 0 saturated heterocycles. The van der Waals surface area contributed by atoms with Crippen molar-refractivity contribution in [3.63, 3.8) is 0 Å². The molecule has 0 fully saturated rings. The van der Waals surface area contributed by atoms with E-state index >= 15 is 0 Å². The van der Waals surface area contributed by atoms with Gasteiger partial charge in [0, 0.05) is 16.9 Å². The smallest absolute Gasteiger partial charge is 0.303 e. The van der Waals surface area contributed by atoms with Crippen LogP contribution in [-0.4, -0.2) is 23.6 Å². The molecule has 0 radical (unpaired) electrons. The molecule has 0 atom stereocenters. The Morgan fingerprint density at radius 1 is 0.795 bits per heavy atom. The van der Waals surface area contributed by atoms with Crippen molar-refractivity contribution < 1.29 is 19.4 Å². The summed E-state index contributed by atoms with van der Waals surface area (Å²) in [4.78, 5) is 25.4. The van der Waals surface area contributed by atoms with Gasteiger partial charge in [0.05, 0.1) is 17.5 Å². The maximum atomic E-state index is 13.5. The number of carbonyl (C=O) groups excluding carboxylic acids is 1. The number of amides is 1. The predicted molar refractivity (Wildman–Crippen MR) is 181 cm³/mol. The topological polar surface area (TPSA) is 75.6 Å². The van der Waals surface area contributed by atoms with Crippen LogP contribution in [0, 0.1) is 13.8 Å². The highest BCUT2D eigenvalue weighted by molar-refractivity contribution is 7.99. The summed E-state index contributed by atoms with van der Waals surface area (Å²) >= 11 is 1.82. The first-order chi connectivity index (χ1) is 21.3. The third-order valence-electron chi connectivity index (χ3n) is 7.80. The maximum Gasteiger partial charge on any atom is 0.303 e. The molecular formula is C38H43NO4S. The number of nitrogens with one attached hydrogen (secondary N) is 1. The molecule has 6 heteroatoms. The van der Waals surface area contributed by atoms with Gasteiger partial charge in [0.25, 0.3) is 5.91 Å². The molecule has 4 rings (SSSR count). The monoisotopic (exact) mass is 609 g/mol. The fraction of sp³-hybridized carbons (Fsp3) is 0.316. The number of anilines is 1. The van der Waals surface area contributed by atoms with E-state index in [1.165, 1.54) is 22.3 Å². The Morgan fingerprint density at radius 2 is 1.39 bits per heavy atom. The van der Waals surface area contributed by atoms with Crippen LogP contribution in [0.15, 0.2) is 89.8 Å². The molecule has 0 aliphatic carbocycles. The predicted octanol–water partition coefficient (Wildman–Crippen LogP) is 9.59. The van der Waals surface area contributed by atoms with Crippen LogP contribution in [0.25, 0.3) is 0 Å². The van der Waals surface area contributed by atoms with Crippen molar-refractivity contribution in [3.8, 4) is 5.75 Å². The van der Waals surface area contributed by atoms with Crippen LogP contribution in [-0.2, 0) is 17.6 Å². The van der Waals surface area contributed by atoms with E-state index in [0.29, 0.717) is 23.4 Å². The Labute approximate surface area is 266 Å². The van der Waals surface area contributed by atoms with Crippen LogP contribution in [0.1, 0.15) is 88.5 Å². The van der Waals surface area contributed by atoms with Crippen molar-refractivity contribution in [3.05, 3.63) is 124 Å². The molecule has 0 aliphatic rings. The number of carboxylic acid groups (broad SMARTS) is 1. The molecule has 0 aliphatic heterocycles. The number of hydrogen-bond donors (Lipinski definition) is 2. The zero-order chi connectivity index (χ0) is 31.5. The van der Waals surface area contributed by atoms with Crippen LogP contribution < -0.4 is 10.1 Å². The van der Waals surface area contributed by atoms with Gasteiger partial charge in [0.2, 0.25) is 0 Å². The van der Waals surface area contributed by atoms with Gasteiger partial charge in [-0.15, -0.1) is 11.8 Å². The summed E-state index contributed by atoms with van der Waals surface area (Å²) in [5, 5.41) is 12.0. The molecule has 4 aromatic carbocycles. The van der Waals surface area contributed by atoms with Gasteiger partial charge in [-0.3, -0.25) is 9.59 Å². The average Bonchev–Trinajstić information content (AvgIpc) is 3.02. The third-order valence-corrected chi connectivity index (χ3v) is 9.27. The van der Waals surface area contributed by atoms with Crippen molar-refractivity contribution in [2.75, 3.05) is 11.9 Å². The third kappa shape index (κ3) is 8.76. The summed E-state index contributed by atoms with van der Waals surface area (Å²) in [6, 6.07) is 29.2. The largest absolute Gasteiger partial charge is 0.491 e. The van der Waals surface area contributed by atoms with E-state index in [0.717, 1.165) is 41.7 Å². The summed E-state index contributed by atoms with van der Waals surface area (Å²) in [6.07, 6.45) is 4.83. The van der Waals surface area contributed by atoms with Crippen molar-refractivity contribution in [1.29, 1.82) is 0 Å². The molecule has 4 aromatic rings. The number of aliphatic carboxylic acids is 1. The first kappa shape index (κ1) is 32.9. The van der Waals surface area contributed by atoms with Crippen LogP contribution >= 0.6 is 11.8 Å². The quantitative estimate of drug-likeness (QED) is 0.104. The minimum absolute atomic E-state index is 0.0343. The molecule has 0 spiro atoms. The van der Waals surface area contributed by atoms with Crippen molar-refractivity contribution >= 4 is 29.3 Å². The molecule has 230 valence electrons. The van der Waals surface area contributed by atoms with Gasteiger partial charge in [-0.1, -0.05) is 87.4 Å². The highest BCUT2D eigenvalue weighted by atomic mass is 32.2. The molecule has 0 aromatic heterocycles. The second kappa shape index (κ2) is 16.2. The van der Waals surface area contributed by atoms with E-state index in [1.54, 1.807) is 12.1 Å². The number of hydrogen-bond acceptors (Lipinski definition) is 4. The number of aryl methyl sites for hydroxylation is 2. The highest BCUT2D eigenvalue weighted by Crippen LogP contribution is 2.43. The van der Waals surface area contributed by atoms with Crippen molar-refractivity contribution in [2.24, 2.45) is 0 Å². The highest BCUT2D eigenvalue weighted by Gasteiger charge is 2.20. The van der Waals surface area contributed by atoms with Crippen molar-refractivity contribution in [2.45, 2.75) is 76.4 Å². The number of carbonyl (C=O) groups is 2. The average molecular weight is 610 g/mol. The standard InChI is InChI=1S/C38H43NO4S/c1-5-10-28-15-19-30(20-16-28)37(31-21-17-29(11-6-2)18-22-31)44-35-24-23-32(26(3)27(35)4)38(42)39-33-12-7-8-13-34(33)43-25-9-14-36(40)41/h7-8,12-13,15-24,37H,5-6,9-11,14,25H2,1-4H3,(H,39,42)(H,40,41). The first-order valence-corrected chi connectivity index (χ1v) is 16.4.